The van der Waals surface area contributed by atoms with Crippen LogP contribution in [0.5, 0.6) is 5.75 Å². The van der Waals surface area contributed by atoms with Gasteiger partial charge in [-0.3, -0.25) is 4.79 Å². The van der Waals surface area contributed by atoms with Gasteiger partial charge >= 0.3 is 5.97 Å². The molecule has 2 aromatic carbocycles. The summed E-state index contributed by atoms with van der Waals surface area (Å²) >= 11 is 0. The van der Waals surface area contributed by atoms with Gasteiger partial charge in [0.2, 0.25) is 0 Å². The molecule has 2 rings (SSSR count). The normalized spacial score (nSPS) is 11.6. The Morgan fingerprint density at radius 2 is 1.78 bits per heavy atom. The van der Waals surface area contributed by atoms with E-state index in [4.69, 9.17) is 9.47 Å². The topological polar surface area (TPSA) is 64.6 Å². The van der Waals surface area contributed by atoms with Crippen molar-refractivity contribution in [3.05, 3.63) is 65.0 Å². The highest BCUT2D eigenvalue weighted by Crippen LogP contribution is 2.16. The lowest BCUT2D eigenvalue weighted by molar-refractivity contribution is -0.156. The van der Waals surface area contributed by atoms with E-state index in [0.29, 0.717) is 18.7 Å². The SMILES string of the molecule is Cc1ccc(OCC(=O)OC(C)C(=O)NCCc2ccc(F)cc2)cc1C. The average Bonchev–Trinajstić information content (AvgIpc) is 2.64. The lowest BCUT2D eigenvalue weighted by atomic mass is 10.1. The third-order valence-corrected chi connectivity index (χ3v) is 4.14. The molecule has 6 heteroatoms. The summed E-state index contributed by atoms with van der Waals surface area (Å²) in [5.74, 6) is -0.733. The molecular formula is C21H24FNO4. The minimum atomic E-state index is -0.922. The van der Waals surface area contributed by atoms with Crippen molar-refractivity contribution < 1.29 is 23.5 Å². The molecule has 0 saturated carbocycles. The number of hydrogen-bond acceptors (Lipinski definition) is 4. The molecule has 1 unspecified atom stereocenters. The molecule has 5 nitrogen and oxygen atoms in total. The molecule has 0 aromatic heterocycles. The summed E-state index contributed by atoms with van der Waals surface area (Å²) in [6.45, 7) is 5.55. The maximum absolute atomic E-state index is 12.8. The van der Waals surface area contributed by atoms with Crippen LogP contribution in [0.2, 0.25) is 0 Å². The Labute approximate surface area is 158 Å². The van der Waals surface area contributed by atoms with Gasteiger partial charge in [-0.05, 0) is 68.1 Å². The number of rotatable bonds is 8. The van der Waals surface area contributed by atoms with Gasteiger partial charge < -0.3 is 14.8 Å². The molecule has 144 valence electrons. The summed E-state index contributed by atoms with van der Waals surface area (Å²) in [5.41, 5.74) is 3.11. The van der Waals surface area contributed by atoms with Crippen LogP contribution >= 0.6 is 0 Å². The molecule has 0 saturated heterocycles. The Balaban J connectivity index is 1.70. The van der Waals surface area contributed by atoms with E-state index in [1.54, 1.807) is 18.2 Å². The van der Waals surface area contributed by atoms with Crippen LogP contribution < -0.4 is 10.1 Å². The summed E-state index contributed by atoms with van der Waals surface area (Å²) in [6, 6.07) is 11.6. The van der Waals surface area contributed by atoms with Gasteiger partial charge in [0.15, 0.2) is 12.7 Å². The Morgan fingerprint density at radius 1 is 1.07 bits per heavy atom. The molecule has 27 heavy (non-hydrogen) atoms. The maximum atomic E-state index is 12.8. The first-order valence-corrected chi connectivity index (χ1v) is 8.77. The number of amides is 1. The summed E-state index contributed by atoms with van der Waals surface area (Å²) in [7, 11) is 0. The van der Waals surface area contributed by atoms with E-state index in [2.05, 4.69) is 5.32 Å². The second kappa shape index (κ2) is 9.71. The van der Waals surface area contributed by atoms with Crippen LogP contribution in [-0.2, 0) is 20.7 Å². The molecule has 0 radical (unpaired) electrons. The second-order valence-electron chi connectivity index (χ2n) is 6.33. The zero-order valence-corrected chi connectivity index (χ0v) is 15.8. The molecular weight excluding hydrogens is 349 g/mol. The number of carbonyl (C=O) groups excluding carboxylic acids is 2. The first-order chi connectivity index (χ1) is 12.8. The second-order valence-corrected chi connectivity index (χ2v) is 6.33. The molecule has 1 N–H and O–H groups in total. The quantitative estimate of drug-likeness (QED) is 0.722. The van der Waals surface area contributed by atoms with Crippen LogP contribution in [0.25, 0.3) is 0 Å². The van der Waals surface area contributed by atoms with Crippen molar-refractivity contribution in [2.45, 2.75) is 33.3 Å². The van der Waals surface area contributed by atoms with E-state index in [1.165, 1.54) is 19.1 Å². The smallest absolute Gasteiger partial charge is 0.344 e. The minimum Gasteiger partial charge on any atom is -0.482 e. The van der Waals surface area contributed by atoms with Crippen LogP contribution in [0.1, 0.15) is 23.6 Å². The molecule has 0 bridgehead atoms. The Bertz CT molecular complexity index is 789. The molecule has 0 spiro atoms. The van der Waals surface area contributed by atoms with E-state index in [9.17, 15) is 14.0 Å². The molecule has 0 fully saturated rings. The molecule has 0 heterocycles. The summed E-state index contributed by atoms with van der Waals surface area (Å²) in [4.78, 5) is 23.8. The lowest BCUT2D eigenvalue weighted by Gasteiger charge is -2.14. The third kappa shape index (κ3) is 6.73. The predicted octanol–water partition coefficient (Wildman–Crippen LogP) is 3.11. The Hall–Kier alpha value is -2.89. The molecule has 1 atom stereocenters. The lowest BCUT2D eigenvalue weighted by Crippen LogP contribution is -2.37. The molecule has 1 amide bonds. The van der Waals surface area contributed by atoms with Gasteiger partial charge in [-0.15, -0.1) is 0 Å². The number of benzene rings is 2. The summed E-state index contributed by atoms with van der Waals surface area (Å²) in [6.07, 6.45) is -0.364. The van der Waals surface area contributed by atoms with E-state index >= 15 is 0 Å². The average molecular weight is 373 g/mol. The predicted molar refractivity (Wildman–Crippen MR) is 100 cm³/mol. The zero-order chi connectivity index (χ0) is 19.8. The van der Waals surface area contributed by atoms with Crippen LogP contribution in [0.3, 0.4) is 0 Å². The fourth-order valence-corrected chi connectivity index (χ4v) is 2.36. The van der Waals surface area contributed by atoms with Crippen molar-refractivity contribution in [2.24, 2.45) is 0 Å². The molecule has 2 aromatic rings. The van der Waals surface area contributed by atoms with Gasteiger partial charge in [-0.25, -0.2) is 9.18 Å². The number of aryl methyl sites for hydroxylation is 2. The summed E-state index contributed by atoms with van der Waals surface area (Å²) < 4.78 is 23.3. The molecule has 0 aliphatic rings. The minimum absolute atomic E-state index is 0.268. The third-order valence-electron chi connectivity index (χ3n) is 4.14. The van der Waals surface area contributed by atoms with Gasteiger partial charge in [0.1, 0.15) is 11.6 Å². The van der Waals surface area contributed by atoms with E-state index in [0.717, 1.165) is 16.7 Å². The first-order valence-electron chi connectivity index (χ1n) is 8.77. The van der Waals surface area contributed by atoms with E-state index in [-0.39, 0.29) is 12.4 Å². The number of hydrogen-bond donors (Lipinski definition) is 1. The largest absolute Gasteiger partial charge is 0.482 e. The van der Waals surface area contributed by atoms with E-state index < -0.39 is 18.0 Å². The van der Waals surface area contributed by atoms with Crippen LogP contribution in [0.15, 0.2) is 42.5 Å². The van der Waals surface area contributed by atoms with Crippen LogP contribution in [0.4, 0.5) is 4.39 Å². The van der Waals surface area contributed by atoms with Gasteiger partial charge in [0.25, 0.3) is 5.91 Å². The standard InChI is InChI=1S/C21H24FNO4/c1-14-4-9-19(12-15(14)2)26-13-20(24)27-16(3)21(25)23-11-10-17-5-7-18(22)8-6-17/h4-9,12,16H,10-11,13H2,1-3H3,(H,23,25). The first kappa shape index (κ1) is 20.4. The highest BCUT2D eigenvalue weighted by atomic mass is 19.1. The van der Waals surface area contributed by atoms with Crippen molar-refractivity contribution in [3.8, 4) is 5.75 Å². The van der Waals surface area contributed by atoms with Crippen molar-refractivity contribution in [1.29, 1.82) is 0 Å². The van der Waals surface area contributed by atoms with Crippen molar-refractivity contribution in [3.63, 3.8) is 0 Å². The summed E-state index contributed by atoms with van der Waals surface area (Å²) in [5, 5.41) is 2.69. The maximum Gasteiger partial charge on any atom is 0.344 e. The van der Waals surface area contributed by atoms with Crippen molar-refractivity contribution >= 4 is 11.9 Å². The van der Waals surface area contributed by atoms with E-state index in [1.807, 2.05) is 26.0 Å². The van der Waals surface area contributed by atoms with Crippen molar-refractivity contribution in [2.75, 3.05) is 13.2 Å². The van der Waals surface area contributed by atoms with Gasteiger partial charge in [-0.1, -0.05) is 18.2 Å². The van der Waals surface area contributed by atoms with Crippen molar-refractivity contribution in [1.82, 2.24) is 5.32 Å². The Kier molecular flexibility index (Phi) is 7.34. The number of halogens is 1. The van der Waals surface area contributed by atoms with Crippen LogP contribution in [0, 0.1) is 19.7 Å². The fourth-order valence-electron chi connectivity index (χ4n) is 2.36. The fraction of sp³-hybridized carbons (Fsp3) is 0.333. The Morgan fingerprint density at radius 3 is 2.44 bits per heavy atom. The number of ether oxygens (including phenoxy) is 2. The zero-order valence-electron chi connectivity index (χ0n) is 15.8. The van der Waals surface area contributed by atoms with Gasteiger partial charge in [0, 0.05) is 6.54 Å². The number of carbonyl (C=O) groups is 2. The highest BCUT2D eigenvalue weighted by molar-refractivity contribution is 5.83. The number of nitrogens with one attached hydrogen (secondary N) is 1. The monoisotopic (exact) mass is 373 g/mol. The van der Waals surface area contributed by atoms with Gasteiger partial charge in [0.05, 0.1) is 0 Å². The van der Waals surface area contributed by atoms with Gasteiger partial charge in [-0.2, -0.15) is 0 Å². The van der Waals surface area contributed by atoms with Crippen LogP contribution in [-0.4, -0.2) is 31.1 Å². The molecule has 0 aliphatic carbocycles. The number of esters is 1. The highest BCUT2D eigenvalue weighted by Gasteiger charge is 2.17. The molecule has 0 aliphatic heterocycles.